The highest BCUT2D eigenvalue weighted by Gasteiger charge is 2.67. The fourth-order valence-corrected chi connectivity index (χ4v) is 3.24. The van der Waals surface area contributed by atoms with Gasteiger partial charge in [0.15, 0.2) is 0 Å². The van der Waals surface area contributed by atoms with Gasteiger partial charge in [-0.15, -0.1) is 0 Å². The van der Waals surface area contributed by atoms with Crippen molar-refractivity contribution < 1.29 is 22.8 Å². The number of carbonyl (C=O) groups excluding carboxylic acids is 2. The van der Waals surface area contributed by atoms with Gasteiger partial charge >= 0.3 is 11.8 Å². The largest absolute Gasteiger partial charge is 0.442 e. The lowest BCUT2D eigenvalue weighted by Crippen LogP contribution is -2.63. The molecule has 2 aromatic rings. The first-order valence-electron chi connectivity index (χ1n) is 9.22. The van der Waals surface area contributed by atoms with Crippen LogP contribution in [-0.2, 0) is 16.1 Å². The van der Waals surface area contributed by atoms with Crippen LogP contribution >= 0.6 is 0 Å². The van der Waals surface area contributed by atoms with E-state index < -0.39 is 29.6 Å². The Bertz CT molecular complexity index is 956. The summed E-state index contributed by atoms with van der Waals surface area (Å²) in [5.41, 5.74) is -2.30. The molecule has 1 aliphatic carbocycles. The molecule has 1 aliphatic heterocycles. The molecule has 2 amide bonds. The van der Waals surface area contributed by atoms with Crippen LogP contribution in [0.1, 0.15) is 24.0 Å². The van der Waals surface area contributed by atoms with Crippen LogP contribution in [0.4, 0.5) is 13.2 Å². The van der Waals surface area contributed by atoms with Gasteiger partial charge in [-0.25, -0.2) is 4.99 Å². The molecule has 0 aromatic heterocycles. The predicted molar refractivity (Wildman–Crippen MR) is 99.6 cm³/mol. The van der Waals surface area contributed by atoms with Crippen LogP contribution in [-0.4, -0.2) is 34.4 Å². The van der Waals surface area contributed by atoms with Crippen molar-refractivity contribution in [2.75, 3.05) is 0 Å². The number of rotatable bonds is 5. The number of amides is 2. The fourth-order valence-electron chi connectivity index (χ4n) is 3.24. The fraction of sp³-hybridized carbons (Fsp3) is 0.286. The van der Waals surface area contributed by atoms with E-state index in [1.807, 2.05) is 5.32 Å². The molecule has 8 heteroatoms. The van der Waals surface area contributed by atoms with Crippen molar-refractivity contribution in [3.05, 3.63) is 71.8 Å². The van der Waals surface area contributed by atoms with Gasteiger partial charge in [0, 0.05) is 11.5 Å². The number of nitrogens with zero attached hydrogens (tertiary/aromatic N) is 2. The zero-order chi connectivity index (χ0) is 20.6. The first-order valence-corrected chi connectivity index (χ1v) is 9.22. The summed E-state index contributed by atoms with van der Waals surface area (Å²) in [7, 11) is 0. The zero-order valence-corrected chi connectivity index (χ0v) is 15.3. The number of alkyl halides is 3. The Morgan fingerprint density at radius 2 is 1.66 bits per heavy atom. The Labute approximate surface area is 165 Å². The van der Waals surface area contributed by atoms with E-state index in [-0.39, 0.29) is 12.4 Å². The van der Waals surface area contributed by atoms with E-state index in [2.05, 4.69) is 4.99 Å². The Morgan fingerprint density at radius 1 is 1.07 bits per heavy atom. The molecule has 2 aromatic carbocycles. The molecule has 1 saturated carbocycles. The molecule has 29 heavy (non-hydrogen) atoms. The summed E-state index contributed by atoms with van der Waals surface area (Å²) in [5, 5.41) is 1.92. The molecular weight excluding hydrogens is 383 g/mol. The summed E-state index contributed by atoms with van der Waals surface area (Å²) in [5.74, 6) is -2.72. The maximum absolute atomic E-state index is 14.1. The number of benzene rings is 2. The number of carbonyl (C=O) groups is 2. The third kappa shape index (κ3) is 3.50. The highest BCUT2D eigenvalue weighted by Crippen LogP contribution is 2.40. The molecule has 1 atom stereocenters. The van der Waals surface area contributed by atoms with Crippen molar-refractivity contribution in [1.29, 1.82) is 0 Å². The predicted octanol–water partition coefficient (Wildman–Crippen LogP) is 3.26. The highest BCUT2D eigenvalue weighted by atomic mass is 19.4. The van der Waals surface area contributed by atoms with Crippen molar-refractivity contribution in [3.63, 3.8) is 0 Å². The summed E-state index contributed by atoms with van der Waals surface area (Å²) >= 11 is 0. The van der Waals surface area contributed by atoms with E-state index in [9.17, 15) is 22.8 Å². The van der Waals surface area contributed by atoms with Crippen molar-refractivity contribution in [2.24, 2.45) is 10.9 Å². The average Bonchev–Trinajstić information content (AvgIpc) is 3.51. The van der Waals surface area contributed by atoms with E-state index in [0.29, 0.717) is 24.0 Å². The second-order valence-electron chi connectivity index (χ2n) is 7.15. The molecule has 1 heterocycles. The van der Waals surface area contributed by atoms with Crippen LogP contribution in [0.3, 0.4) is 0 Å². The minimum Gasteiger partial charge on any atom is -0.316 e. The van der Waals surface area contributed by atoms with Crippen LogP contribution < -0.4 is 5.32 Å². The highest BCUT2D eigenvalue weighted by molar-refractivity contribution is 6.16. The molecule has 1 fully saturated rings. The van der Waals surface area contributed by atoms with Gasteiger partial charge in [-0.3, -0.25) is 14.5 Å². The monoisotopic (exact) mass is 401 g/mol. The molecule has 5 nitrogen and oxygen atoms in total. The van der Waals surface area contributed by atoms with Gasteiger partial charge < -0.3 is 5.32 Å². The van der Waals surface area contributed by atoms with Crippen LogP contribution in [0, 0.1) is 5.92 Å². The van der Waals surface area contributed by atoms with Crippen LogP contribution in [0.5, 0.6) is 0 Å². The number of hydrogen-bond donors (Lipinski definition) is 1. The zero-order valence-electron chi connectivity index (χ0n) is 15.3. The molecule has 0 spiro atoms. The van der Waals surface area contributed by atoms with Crippen molar-refractivity contribution in [1.82, 2.24) is 10.2 Å². The van der Waals surface area contributed by atoms with Gasteiger partial charge in [-0.2, -0.15) is 13.2 Å². The summed E-state index contributed by atoms with van der Waals surface area (Å²) in [6.45, 7) is -0.0927. The lowest BCUT2D eigenvalue weighted by atomic mass is 10.1. The number of halogens is 3. The van der Waals surface area contributed by atoms with E-state index in [4.69, 9.17) is 0 Å². The number of nitrogens with one attached hydrogen (secondary N) is 1. The summed E-state index contributed by atoms with van der Waals surface area (Å²) < 4.78 is 42.4. The van der Waals surface area contributed by atoms with E-state index >= 15 is 0 Å². The SMILES string of the molecule is O=C(N[C@@]1(C(F)(F)F)N=C(c2ccccc2)N(Cc2ccccc2)C1=O)C1CC1. The van der Waals surface area contributed by atoms with Crippen molar-refractivity contribution in [3.8, 4) is 0 Å². The van der Waals surface area contributed by atoms with E-state index in [1.165, 1.54) is 0 Å². The van der Waals surface area contributed by atoms with Crippen LogP contribution in [0.2, 0.25) is 0 Å². The van der Waals surface area contributed by atoms with E-state index in [1.54, 1.807) is 60.7 Å². The first-order chi connectivity index (χ1) is 13.8. The molecule has 2 aliphatic rings. The lowest BCUT2D eigenvalue weighted by molar-refractivity contribution is -0.200. The molecule has 150 valence electrons. The van der Waals surface area contributed by atoms with Crippen molar-refractivity contribution in [2.45, 2.75) is 31.2 Å². The Morgan fingerprint density at radius 3 is 2.21 bits per heavy atom. The minimum atomic E-state index is -5.08. The van der Waals surface area contributed by atoms with Gasteiger partial charge in [-0.05, 0) is 18.4 Å². The Balaban J connectivity index is 1.79. The maximum atomic E-state index is 14.1. The lowest BCUT2D eigenvalue weighted by Gasteiger charge is -2.29. The minimum absolute atomic E-state index is 0.0927. The normalized spacial score (nSPS) is 21.8. The standard InChI is InChI=1S/C21H18F3N3O2/c22-21(23,24)20(26-18(28)16-11-12-16)19(29)27(13-14-7-3-1-4-8-14)17(25-20)15-9-5-2-6-10-15/h1-10,16H,11-13H2,(H,26,28)/t20-/m0/s1. The van der Waals surface area contributed by atoms with Crippen LogP contribution in [0.15, 0.2) is 65.7 Å². The van der Waals surface area contributed by atoms with Gasteiger partial charge in [0.05, 0.1) is 6.54 Å². The molecule has 0 bridgehead atoms. The Kier molecular flexibility index (Phi) is 4.64. The number of aliphatic imine (C=N–C) groups is 1. The topological polar surface area (TPSA) is 61.8 Å². The molecule has 0 saturated heterocycles. The van der Waals surface area contributed by atoms with Gasteiger partial charge in [0.25, 0.3) is 5.91 Å². The number of amidine groups is 1. The quantitative estimate of drug-likeness (QED) is 0.836. The summed E-state index contributed by atoms with van der Waals surface area (Å²) in [4.78, 5) is 30.1. The van der Waals surface area contributed by atoms with Gasteiger partial charge in [0.2, 0.25) is 5.91 Å². The Hall–Kier alpha value is -3.16. The molecule has 1 N–H and O–H groups in total. The third-order valence-electron chi connectivity index (χ3n) is 4.96. The third-order valence-corrected chi connectivity index (χ3v) is 4.96. The van der Waals surface area contributed by atoms with Crippen LogP contribution in [0.25, 0.3) is 0 Å². The van der Waals surface area contributed by atoms with Crippen molar-refractivity contribution >= 4 is 17.6 Å². The summed E-state index contributed by atoms with van der Waals surface area (Å²) in [6, 6.07) is 16.9. The second kappa shape index (κ2) is 7.02. The smallest absolute Gasteiger partial charge is 0.316 e. The number of hydrogen-bond acceptors (Lipinski definition) is 3. The van der Waals surface area contributed by atoms with Gasteiger partial charge in [0.1, 0.15) is 5.84 Å². The van der Waals surface area contributed by atoms with E-state index in [0.717, 1.165) is 4.90 Å². The molecule has 4 rings (SSSR count). The maximum Gasteiger partial charge on any atom is 0.442 e. The second-order valence-corrected chi connectivity index (χ2v) is 7.15. The average molecular weight is 401 g/mol. The molecule has 0 unspecified atom stereocenters. The van der Waals surface area contributed by atoms with Gasteiger partial charge in [-0.1, -0.05) is 60.7 Å². The molecular formula is C21H18F3N3O2. The summed E-state index contributed by atoms with van der Waals surface area (Å²) in [6.07, 6.45) is -4.06. The first kappa shape index (κ1) is 19.2. The molecule has 0 radical (unpaired) electrons.